The summed E-state index contributed by atoms with van der Waals surface area (Å²) in [7, 11) is 0. The first-order valence-electron chi connectivity index (χ1n) is 3.44. The molecule has 0 spiro atoms. The van der Waals surface area contributed by atoms with Gasteiger partial charge >= 0.3 is 5.79 Å². The van der Waals surface area contributed by atoms with E-state index in [-0.39, 0.29) is 5.79 Å². The van der Waals surface area contributed by atoms with E-state index in [1.807, 2.05) is 6.92 Å². The van der Waals surface area contributed by atoms with Crippen LogP contribution in [0.15, 0.2) is 12.0 Å². The monoisotopic (exact) mass is 143 g/mol. The summed E-state index contributed by atoms with van der Waals surface area (Å²) in [6.07, 6.45) is 2.28. The van der Waals surface area contributed by atoms with Gasteiger partial charge in [-0.05, 0) is 0 Å². The first-order valence-corrected chi connectivity index (χ1v) is 3.44. The lowest BCUT2D eigenvalue weighted by Crippen LogP contribution is -2.28. The van der Waals surface area contributed by atoms with Gasteiger partial charge in [0.2, 0.25) is 0 Å². The molecule has 2 heterocycles. The van der Waals surface area contributed by atoms with Crippen LogP contribution in [0.3, 0.4) is 0 Å². The van der Waals surface area contributed by atoms with E-state index < -0.39 is 0 Å². The van der Waals surface area contributed by atoms with Crippen molar-refractivity contribution in [2.45, 2.75) is 19.1 Å². The molecule has 0 aliphatic carbocycles. The Morgan fingerprint density at radius 2 is 2.60 bits per heavy atom. The number of rotatable bonds is 0. The van der Waals surface area contributed by atoms with Crippen molar-refractivity contribution in [2.75, 3.05) is 13.2 Å². The van der Waals surface area contributed by atoms with Gasteiger partial charge in [0.25, 0.3) is 6.26 Å². The summed E-state index contributed by atoms with van der Waals surface area (Å²) < 4.78 is 8.24. The lowest BCUT2D eigenvalue weighted by Gasteiger charge is -2.23. The molecule has 2 rings (SSSR count). The predicted molar refractivity (Wildman–Crippen MR) is 35.6 cm³/mol. The molecule has 0 bridgehead atoms. The van der Waals surface area contributed by atoms with E-state index in [9.17, 15) is 0 Å². The minimum Gasteiger partial charge on any atom is -0.549 e. The Hall–Kier alpha value is -0.700. The maximum atomic E-state index is 9.12. The molecule has 1 N–H and O–H groups in total. The zero-order valence-electron chi connectivity index (χ0n) is 5.96. The second-order valence-corrected chi connectivity index (χ2v) is 2.90. The smallest absolute Gasteiger partial charge is 0.310 e. The van der Waals surface area contributed by atoms with Crippen LogP contribution in [0, 0.1) is 0 Å². The zero-order chi connectivity index (χ0) is 7.19. The van der Waals surface area contributed by atoms with Crippen molar-refractivity contribution in [1.82, 2.24) is 0 Å². The SMILES string of the molecule is CC12CC(O)=C[O+]1CCO2. The van der Waals surface area contributed by atoms with E-state index in [4.69, 9.17) is 9.84 Å². The molecule has 0 saturated carbocycles. The fraction of sp³-hybridized carbons (Fsp3) is 0.714. The van der Waals surface area contributed by atoms with Crippen molar-refractivity contribution in [3.63, 3.8) is 0 Å². The van der Waals surface area contributed by atoms with Gasteiger partial charge in [0, 0.05) is 0 Å². The summed E-state index contributed by atoms with van der Waals surface area (Å²) in [6, 6.07) is 0. The first kappa shape index (κ1) is 6.04. The second kappa shape index (κ2) is 1.66. The molecule has 0 amide bonds. The minimum absolute atomic E-state index is 0.315. The molecule has 0 aromatic heterocycles. The molecular formula is C7H11O3+. The van der Waals surface area contributed by atoms with Gasteiger partial charge in [0.15, 0.2) is 12.4 Å². The van der Waals surface area contributed by atoms with Crippen LogP contribution in [-0.2, 0) is 9.10 Å². The summed E-state index contributed by atoms with van der Waals surface area (Å²) in [4.78, 5) is 0. The summed E-state index contributed by atoms with van der Waals surface area (Å²) >= 11 is 0. The lowest BCUT2D eigenvalue weighted by atomic mass is 10.2. The van der Waals surface area contributed by atoms with E-state index in [0.29, 0.717) is 12.2 Å². The summed E-state index contributed by atoms with van der Waals surface area (Å²) in [6.45, 7) is 3.52. The normalized spacial score (nSPS) is 38.1. The highest BCUT2D eigenvalue weighted by Gasteiger charge is 2.49. The number of fused-ring (bicyclic) bond motifs is 1. The van der Waals surface area contributed by atoms with Crippen molar-refractivity contribution in [1.29, 1.82) is 0 Å². The molecule has 0 radical (unpaired) electrons. The molecule has 2 aliphatic rings. The van der Waals surface area contributed by atoms with Crippen molar-refractivity contribution in [2.24, 2.45) is 0 Å². The highest BCUT2D eigenvalue weighted by atomic mass is 16.8. The van der Waals surface area contributed by atoms with Crippen LogP contribution >= 0.6 is 0 Å². The number of aliphatic hydroxyl groups excluding tert-OH is 1. The highest BCUT2D eigenvalue weighted by Crippen LogP contribution is 2.38. The van der Waals surface area contributed by atoms with E-state index >= 15 is 0 Å². The Kier molecular flexibility index (Phi) is 1.01. The van der Waals surface area contributed by atoms with E-state index in [1.165, 1.54) is 0 Å². The van der Waals surface area contributed by atoms with Crippen molar-refractivity contribution < 1.29 is 14.2 Å². The number of ether oxygens (including phenoxy) is 1. The summed E-state index contributed by atoms with van der Waals surface area (Å²) in [5, 5.41) is 9.12. The number of hydrogen-bond donors (Lipinski definition) is 1. The Morgan fingerprint density at radius 1 is 1.80 bits per heavy atom. The molecule has 0 aromatic rings. The maximum Gasteiger partial charge on any atom is 0.310 e. The van der Waals surface area contributed by atoms with Gasteiger partial charge in [-0.2, -0.15) is 0 Å². The van der Waals surface area contributed by atoms with Crippen molar-refractivity contribution in [3.05, 3.63) is 12.0 Å². The summed E-state index contributed by atoms with van der Waals surface area (Å²) in [5.74, 6) is 0.0802. The molecule has 3 heteroatoms. The first-order chi connectivity index (χ1) is 4.71. The molecule has 1 fully saturated rings. The van der Waals surface area contributed by atoms with Crippen molar-refractivity contribution in [3.8, 4) is 0 Å². The van der Waals surface area contributed by atoms with Gasteiger partial charge in [0.05, 0.1) is 6.92 Å². The second-order valence-electron chi connectivity index (χ2n) is 2.90. The molecule has 1 unspecified atom stereocenters. The molecular weight excluding hydrogens is 132 g/mol. The van der Waals surface area contributed by atoms with Crippen LogP contribution in [0.1, 0.15) is 13.3 Å². The Morgan fingerprint density at radius 3 is 3.30 bits per heavy atom. The summed E-state index contributed by atoms with van der Waals surface area (Å²) in [5.41, 5.74) is 0. The van der Waals surface area contributed by atoms with Crippen LogP contribution in [0.5, 0.6) is 0 Å². The Bertz CT molecular complexity index is 187. The highest BCUT2D eigenvalue weighted by molar-refractivity contribution is 5.02. The maximum absolute atomic E-state index is 9.12. The third-order valence-corrected chi connectivity index (χ3v) is 2.05. The number of aliphatic hydroxyl groups is 1. The molecule has 0 aromatic carbocycles. The predicted octanol–water partition coefficient (Wildman–Crippen LogP) is 1.09. The minimum atomic E-state index is -0.315. The zero-order valence-corrected chi connectivity index (χ0v) is 5.96. The molecule has 10 heavy (non-hydrogen) atoms. The number of hydrogen-bond acceptors (Lipinski definition) is 2. The van der Waals surface area contributed by atoms with E-state index in [1.54, 1.807) is 6.26 Å². The van der Waals surface area contributed by atoms with Gasteiger partial charge in [-0.15, -0.1) is 0 Å². The molecule has 3 nitrogen and oxygen atoms in total. The molecule has 1 atom stereocenters. The van der Waals surface area contributed by atoms with Gasteiger partial charge in [-0.3, -0.25) is 4.74 Å². The van der Waals surface area contributed by atoms with E-state index in [0.717, 1.165) is 13.2 Å². The largest absolute Gasteiger partial charge is 0.549 e. The Balaban J connectivity index is 2.24. The third-order valence-electron chi connectivity index (χ3n) is 2.05. The topological polar surface area (TPSA) is 32.2 Å². The fourth-order valence-electron chi connectivity index (χ4n) is 1.50. The van der Waals surface area contributed by atoms with Crippen molar-refractivity contribution >= 4 is 0 Å². The standard InChI is InChI=1S/C7H10O3/c1-7-4-6(8)5-10(7)3-2-9-7/h5H,2-4H2,1H3/p+1. The van der Waals surface area contributed by atoms with Gasteiger partial charge in [-0.1, -0.05) is 0 Å². The molecule has 56 valence electrons. The fourth-order valence-corrected chi connectivity index (χ4v) is 1.50. The Labute approximate surface area is 59.6 Å². The lowest BCUT2D eigenvalue weighted by molar-refractivity contribution is -0.226. The molecule has 2 aliphatic heterocycles. The van der Waals surface area contributed by atoms with Gasteiger partial charge < -0.3 is 9.47 Å². The van der Waals surface area contributed by atoms with Crippen LogP contribution in [0.25, 0.3) is 0 Å². The van der Waals surface area contributed by atoms with Crippen LogP contribution < -0.4 is 0 Å². The van der Waals surface area contributed by atoms with Crippen LogP contribution in [0.2, 0.25) is 0 Å². The average molecular weight is 143 g/mol. The quantitative estimate of drug-likeness (QED) is 0.515. The average Bonchev–Trinajstić information content (AvgIpc) is 2.20. The van der Waals surface area contributed by atoms with Gasteiger partial charge in [0.1, 0.15) is 13.0 Å². The van der Waals surface area contributed by atoms with Crippen LogP contribution in [0.4, 0.5) is 0 Å². The van der Waals surface area contributed by atoms with E-state index in [2.05, 4.69) is 4.37 Å². The third kappa shape index (κ3) is 0.639. The van der Waals surface area contributed by atoms with Crippen LogP contribution in [-0.4, -0.2) is 24.1 Å². The molecule has 1 saturated heterocycles. The van der Waals surface area contributed by atoms with Gasteiger partial charge in [-0.25, -0.2) is 0 Å².